The lowest BCUT2D eigenvalue weighted by atomic mass is 10.1. The van der Waals surface area contributed by atoms with E-state index in [2.05, 4.69) is 47.7 Å². The Balaban J connectivity index is 3.13. The van der Waals surface area contributed by atoms with Crippen molar-refractivity contribution in [1.82, 2.24) is 0 Å². The maximum Gasteiger partial charge on any atom is 0.0276 e. The number of halogens is 1. The smallest absolute Gasteiger partial charge is 0.0276 e. The van der Waals surface area contributed by atoms with E-state index in [1.54, 1.807) is 0 Å². The zero-order valence-corrected chi connectivity index (χ0v) is 8.92. The summed E-state index contributed by atoms with van der Waals surface area (Å²) < 4.78 is 1.25. The summed E-state index contributed by atoms with van der Waals surface area (Å²) in [4.78, 5) is 0. The fourth-order valence-electron chi connectivity index (χ4n) is 1.01. The van der Waals surface area contributed by atoms with Gasteiger partial charge in [0.2, 0.25) is 0 Å². The molecule has 1 rings (SSSR count). The SMILES string of the molecule is Cc1ccc(I)c([C@H](C)N)c1. The second-order valence-electron chi connectivity index (χ2n) is 2.81. The lowest BCUT2D eigenvalue weighted by molar-refractivity contribution is 0.811. The molecule has 0 heterocycles. The predicted molar refractivity (Wildman–Crippen MR) is 56.5 cm³/mol. The number of benzene rings is 1. The molecule has 0 spiro atoms. The van der Waals surface area contributed by atoms with Gasteiger partial charge in [0.05, 0.1) is 0 Å². The fourth-order valence-corrected chi connectivity index (χ4v) is 1.84. The van der Waals surface area contributed by atoms with Crippen molar-refractivity contribution in [3.63, 3.8) is 0 Å². The minimum atomic E-state index is 0.141. The first-order chi connectivity index (χ1) is 5.11. The summed E-state index contributed by atoms with van der Waals surface area (Å²) in [5, 5.41) is 0. The van der Waals surface area contributed by atoms with E-state index in [9.17, 15) is 0 Å². The molecule has 0 aromatic heterocycles. The molecule has 60 valence electrons. The van der Waals surface area contributed by atoms with Crippen LogP contribution in [0.4, 0.5) is 0 Å². The van der Waals surface area contributed by atoms with Crippen molar-refractivity contribution in [1.29, 1.82) is 0 Å². The molecule has 0 aliphatic rings. The van der Waals surface area contributed by atoms with Gasteiger partial charge in [-0.05, 0) is 48.1 Å². The Morgan fingerprint density at radius 2 is 2.09 bits per heavy atom. The minimum Gasteiger partial charge on any atom is -0.324 e. The largest absolute Gasteiger partial charge is 0.324 e. The number of hydrogen-bond donors (Lipinski definition) is 1. The van der Waals surface area contributed by atoms with Gasteiger partial charge in [0.1, 0.15) is 0 Å². The lowest BCUT2D eigenvalue weighted by Crippen LogP contribution is -2.06. The molecule has 0 saturated carbocycles. The van der Waals surface area contributed by atoms with Crippen LogP contribution in [0.3, 0.4) is 0 Å². The highest BCUT2D eigenvalue weighted by atomic mass is 127. The highest BCUT2D eigenvalue weighted by Gasteiger charge is 2.03. The average molecular weight is 261 g/mol. The van der Waals surface area contributed by atoms with E-state index < -0.39 is 0 Å². The van der Waals surface area contributed by atoms with E-state index in [4.69, 9.17) is 5.73 Å². The summed E-state index contributed by atoms with van der Waals surface area (Å²) in [7, 11) is 0. The first kappa shape index (κ1) is 9.00. The van der Waals surface area contributed by atoms with Crippen LogP contribution in [0.1, 0.15) is 24.1 Å². The molecular weight excluding hydrogens is 249 g/mol. The Morgan fingerprint density at radius 3 is 2.55 bits per heavy atom. The van der Waals surface area contributed by atoms with Crippen LogP contribution in [0.25, 0.3) is 0 Å². The lowest BCUT2D eigenvalue weighted by Gasteiger charge is -2.08. The van der Waals surface area contributed by atoms with E-state index in [-0.39, 0.29) is 6.04 Å². The molecule has 0 unspecified atom stereocenters. The highest BCUT2D eigenvalue weighted by Crippen LogP contribution is 2.19. The summed E-state index contributed by atoms with van der Waals surface area (Å²) in [5.74, 6) is 0. The highest BCUT2D eigenvalue weighted by molar-refractivity contribution is 14.1. The van der Waals surface area contributed by atoms with Gasteiger partial charge in [-0.15, -0.1) is 0 Å². The topological polar surface area (TPSA) is 26.0 Å². The molecule has 0 fully saturated rings. The normalized spacial score (nSPS) is 13.1. The third kappa shape index (κ3) is 2.17. The molecule has 1 atom stereocenters. The van der Waals surface area contributed by atoms with Crippen LogP contribution in [0, 0.1) is 10.5 Å². The Hall–Kier alpha value is -0.0900. The van der Waals surface area contributed by atoms with Crippen molar-refractivity contribution in [3.05, 3.63) is 32.9 Å². The van der Waals surface area contributed by atoms with Crippen LogP contribution < -0.4 is 5.73 Å². The molecule has 0 aliphatic carbocycles. The van der Waals surface area contributed by atoms with E-state index >= 15 is 0 Å². The van der Waals surface area contributed by atoms with E-state index in [1.165, 1.54) is 14.7 Å². The summed E-state index contributed by atoms with van der Waals surface area (Å²) in [6.07, 6.45) is 0. The first-order valence-corrected chi connectivity index (χ1v) is 4.71. The second-order valence-corrected chi connectivity index (χ2v) is 3.98. The number of rotatable bonds is 1. The van der Waals surface area contributed by atoms with Crippen molar-refractivity contribution in [2.75, 3.05) is 0 Å². The van der Waals surface area contributed by atoms with Crippen molar-refractivity contribution in [2.45, 2.75) is 19.9 Å². The van der Waals surface area contributed by atoms with Crippen LogP contribution >= 0.6 is 22.6 Å². The zero-order chi connectivity index (χ0) is 8.43. The quantitative estimate of drug-likeness (QED) is 0.772. The van der Waals surface area contributed by atoms with Crippen LogP contribution in [-0.2, 0) is 0 Å². The van der Waals surface area contributed by atoms with Gasteiger partial charge >= 0.3 is 0 Å². The molecule has 11 heavy (non-hydrogen) atoms. The number of hydrogen-bond acceptors (Lipinski definition) is 1. The molecule has 0 radical (unpaired) electrons. The molecule has 1 aromatic carbocycles. The summed E-state index contributed by atoms with van der Waals surface area (Å²) in [6.45, 7) is 4.10. The molecule has 2 N–H and O–H groups in total. The van der Waals surface area contributed by atoms with Crippen LogP contribution in [-0.4, -0.2) is 0 Å². The Labute approximate surface area is 81.1 Å². The number of nitrogens with two attached hydrogens (primary N) is 1. The Morgan fingerprint density at radius 1 is 1.45 bits per heavy atom. The molecule has 2 heteroatoms. The third-order valence-electron chi connectivity index (χ3n) is 1.64. The van der Waals surface area contributed by atoms with Gasteiger partial charge in [-0.3, -0.25) is 0 Å². The fraction of sp³-hybridized carbons (Fsp3) is 0.333. The van der Waals surface area contributed by atoms with Crippen LogP contribution in [0.2, 0.25) is 0 Å². The standard InChI is InChI=1S/C9H12IN/c1-6-3-4-9(10)8(5-6)7(2)11/h3-5,7H,11H2,1-2H3/t7-/m0/s1. The van der Waals surface area contributed by atoms with Gasteiger partial charge in [0.25, 0.3) is 0 Å². The molecule has 0 bridgehead atoms. The minimum absolute atomic E-state index is 0.141. The third-order valence-corrected chi connectivity index (χ3v) is 2.62. The molecular formula is C9H12IN. The second kappa shape index (κ2) is 3.54. The molecule has 0 amide bonds. The van der Waals surface area contributed by atoms with Crippen molar-refractivity contribution >= 4 is 22.6 Å². The molecule has 0 aliphatic heterocycles. The van der Waals surface area contributed by atoms with Gasteiger partial charge in [0, 0.05) is 9.61 Å². The van der Waals surface area contributed by atoms with Crippen molar-refractivity contribution < 1.29 is 0 Å². The maximum atomic E-state index is 5.78. The van der Waals surface area contributed by atoms with Gasteiger partial charge in [0.15, 0.2) is 0 Å². The average Bonchev–Trinajstić information content (AvgIpc) is 1.94. The van der Waals surface area contributed by atoms with Crippen LogP contribution in [0.5, 0.6) is 0 Å². The summed E-state index contributed by atoms with van der Waals surface area (Å²) in [6, 6.07) is 6.50. The Bertz CT molecular complexity index is 256. The summed E-state index contributed by atoms with van der Waals surface area (Å²) in [5.41, 5.74) is 8.30. The van der Waals surface area contributed by atoms with E-state index in [0.29, 0.717) is 0 Å². The summed E-state index contributed by atoms with van der Waals surface area (Å²) >= 11 is 2.31. The molecule has 1 aromatic rings. The zero-order valence-electron chi connectivity index (χ0n) is 6.76. The monoisotopic (exact) mass is 261 g/mol. The van der Waals surface area contributed by atoms with Crippen LogP contribution in [0.15, 0.2) is 18.2 Å². The maximum absolute atomic E-state index is 5.78. The first-order valence-electron chi connectivity index (χ1n) is 3.63. The predicted octanol–water partition coefficient (Wildman–Crippen LogP) is 2.62. The molecule has 0 saturated heterocycles. The van der Waals surface area contributed by atoms with E-state index in [0.717, 1.165) is 0 Å². The number of aryl methyl sites for hydroxylation is 1. The van der Waals surface area contributed by atoms with Gasteiger partial charge in [-0.1, -0.05) is 17.7 Å². The van der Waals surface area contributed by atoms with Crippen molar-refractivity contribution in [2.24, 2.45) is 5.73 Å². The molecule has 1 nitrogen and oxygen atoms in total. The van der Waals surface area contributed by atoms with Gasteiger partial charge in [-0.25, -0.2) is 0 Å². The Kier molecular flexibility index (Phi) is 2.90. The van der Waals surface area contributed by atoms with Gasteiger partial charge < -0.3 is 5.73 Å². The van der Waals surface area contributed by atoms with Crippen molar-refractivity contribution in [3.8, 4) is 0 Å². The van der Waals surface area contributed by atoms with Gasteiger partial charge in [-0.2, -0.15) is 0 Å². The van der Waals surface area contributed by atoms with E-state index in [1.807, 2.05) is 6.92 Å².